The van der Waals surface area contributed by atoms with Crippen molar-refractivity contribution in [3.8, 4) is 0 Å². The summed E-state index contributed by atoms with van der Waals surface area (Å²) in [6.45, 7) is 0. The molecule has 0 radical (unpaired) electrons. The summed E-state index contributed by atoms with van der Waals surface area (Å²) in [6, 6.07) is 5.10. The maximum atomic E-state index is 11.1. The van der Waals surface area contributed by atoms with Crippen LogP contribution >= 0.6 is 0 Å². The first-order chi connectivity index (χ1) is 6.77. The van der Waals surface area contributed by atoms with Crippen molar-refractivity contribution in [2.75, 3.05) is 0 Å². The van der Waals surface area contributed by atoms with E-state index in [2.05, 4.69) is 10.3 Å². The van der Waals surface area contributed by atoms with E-state index in [0.717, 1.165) is 0 Å². The average Bonchev–Trinajstić information content (AvgIpc) is 2.23. The van der Waals surface area contributed by atoms with Gasteiger partial charge in [-0.25, -0.2) is 0 Å². The lowest BCUT2D eigenvalue weighted by atomic mass is 9.98. The number of amides is 1. The Kier molecular flexibility index (Phi) is 2.45. The van der Waals surface area contributed by atoms with Crippen molar-refractivity contribution in [3.63, 3.8) is 0 Å². The molecule has 1 amide bonds. The van der Waals surface area contributed by atoms with Crippen molar-refractivity contribution in [3.05, 3.63) is 30.1 Å². The van der Waals surface area contributed by atoms with Crippen molar-refractivity contribution >= 4 is 5.91 Å². The molecule has 2 unspecified atom stereocenters. The van der Waals surface area contributed by atoms with Gasteiger partial charge in [0.2, 0.25) is 5.91 Å². The van der Waals surface area contributed by atoms with Crippen LogP contribution in [0.1, 0.15) is 24.6 Å². The number of rotatable bonds is 1. The Bertz CT molecular complexity index is 326. The Morgan fingerprint density at radius 2 is 2.36 bits per heavy atom. The van der Waals surface area contributed by atoms with Gasteiger partial charge in [0.15, 0.2) is 0 Å². The number of nitrogens with one attached hydrogen (secondary N) is 1. The van der Waals surface area contributed by atoms with Gasteiger partial charge in [0.1, 0.15) is 0 Å². The average molecular weight is 192 g/mol. The second-order valence-corrected chi connectivity index (χ2v) is 3.41. The summed E-state index contributed by atoms with van der Waals surface area (Å²) in [5.41, 5.74) is 0.716. The maximum Gasteiger partial charge on any atom is 0.220 e. The number of aliphatic hydroxyl groups excluding tert-OH is 1. The van der Waals surface area contributed by atoms with Gasteiger partial charge in [-0.3, -0.25) is 9.78 Å². The molecule has 1 aromatic heterocycles. The highest BCUT2D eigenvalue weighted by molar-refractivity contribution is 5.77. The van der Waals surface area contributed by atoms with Crippen LogP contribution in [-0.4, -0.2) is 22.1 Å². The van der Waals surface area contributed by atoms with Gasteiger partial charge in [0.05, 0.1) is 17.8 Å². The SMILES string of the molecule is O=C1CCC(O)C(c2ccccn2)N1. The number of hydrogen-bond donors (Lipinski definition) is 2. The fraction of sp³-hybridized carbons (Fsp3) is 0.400. The van der Waals surface area contributed by atoms with Gasteiger partial charge in [0.25, 0.3) is 0 Å². The normalized spacial score (nSPS) is 27.1. The van der Waals surface area contributed by atoms with Crippen LogP contribution in [0, 0.1) is 0 Å². The van der Waals surface area contributed by atoms with E-state index < -0.39 is 6.10 Å². The first kappa shape index (κ1) is 9.15. The molecule has 0 spiro atoms. The third-order valence-corrected chi connectivity index (χ3v) is 2.37. The lowest BCUT2D eigenvalue weighted by Crippen LogP contribution is -2.41. The van der Waals surface area contributed by atoms with E-state index in [0.29, 0.717) is 18.5 Å². The van der Waals surface area contributed by atoms with E-state index in [1.54, 1.807) is 18.3 Å². The van der Waals surface area contributed by atoms with Gasteiger partial charge >= 0.3 is 0 Å². The minimum atomic E-state index is -0.525. The zero-order valence-corrected chi connectivity index (χ0v) is 7.68. The Balaban J connectivity index is 2.20. The highest BCUT2D eigenvalue weighted by Crippen LogP contribution is 2.21. The molecule has 1 aliphatic rings. The number of nitrogens with zero attached hydrogens (tertiary/aromatic N) is 1. The van der Waals surface area contributed by atoms with Crippen LogP contribution in [0.5, 0.6) is 0 Å². The van der Waals surface area contributed by atoms with Crippen molar-refractivity contribution < 1.29 is 9.90 Å². The molecule has 0 bridgehead atoms. The molecule has 0 saturated carbocycles. The minimum Gasteiger partial charge on any atom is -0.391 e. The van der Waals surface area contributed by atoms with Crippen LogP contribution in [0.3, 0.4) is 0 Å². The predicted molar refractivity (Wildman–Crippen MR) is 50.4 cm³/mol. The van der Waals surface area contributed by atoms with Crippen molar-refractivity contribution in [1.82, 2.24) is 10.3 Å². The molecule has 4 heteroatoms. The zero-order chi connectivity index (χ0) is 9.97. The Hall–Kier alpha value is -1.42. The molecule has 14 heavy (non-hydrogen) atoms. The van der Waals surface area contributed by atoms with E-state index in [9.17, 15) is 9.90 Å². The quantitative estimate of drug-likeness (QED) is 0.676. The molecule has 1 saturated heterocycles. The minimum absolute atomic E-state index is 0.0223. The highest BCUT2D eigenvalue weighted by Gasteiger charge is 2.28. The Labute approximate surface area is 82.0 Å². The third kappa shape index (κ3) is 1.75. The molecule has 1 aliphatic heterocycles. The molecule has 2 N–H and O–H groups in total. The van der Waals surface area contributed by atoms with E-state index in [4.69, 9.17) is 0 Å². The fourth-order valence-corrected chi connectivity index (χ4v) is 1.62. The van der Waals surface area contributed by atoms with E-state index in [1.807, 2.05) is 6.07 Å². The van der Waals surface area contributed by atoms with Crippen LogP contribution in [-0.2, 0) is 4.79 Å². The number of aliphatic hydroxyl groups is 1. The molecule has 1 fully saturated rings. The summed E-state index contributed by atoms with van der Waals surface area (Å²) in [7, 11) is 0. The van der Waals surface area contributed by atoms with Gasteiger partial charge in [-0.2, -0.15) is 0 Å². The number of aromatic nitrogens is 1. The van der Waals surface area contributed by atoms with Gasteiger partial charge < -0.3 is 10.4 Å². The van der Waals surface area contributed by atoms with Crippen LogP contribution in [0.4, 0.5) is 0 Å². The number of hydrogen-bond acceptors (Lipinski definition) is 3. The monoisotopic (exact) mass is 192 g/mol. The second-order valence-electron chi connectivity index (χ2n) is 3.41. The Morgan fingerprint density at radius 1 is 1.50 bits per heavy atom. The van der Waals surface area contributed by atoms with Crippen LogP contribution in [0.2, 0.25) is 0 Å². The summed E-state index contributed by atoms with van der Waals surface area (Å²) in [5, 5.41) is 12.4. The summed E-state index contributed by atoms with van der Waals surface area (Å²) in [5.74, 6) is -0.0223. The molecule has 0 aliphatic carbocycles. The molecule has 2 atom stereocenters. The van der Waals surface area contributed by atoms with Gasteiger partial charge in [-0.05, 0) is 18.6 Å². The van der Waals surface area contributed by atoms with Crippen LogP contribution < -0.4 is 5.32 Å². The van der Waals surface area contributed by atoms with Gasteiger partial charge in [-0.1, -0.05) is 6.07 Å². The number of piperidine rings is 1. The van der Waals surface area contributed by atoms with Crippen molar-refractivity contribution in [2.45, 2.75) is 25.0 Å². The standard InChI is InChI=1S/C10H12N2O2/c13-8-4-5-9(14)12-10(8)7-3-1-2-6-11-7/h1-3,6,8,10,13H,4-5H2,(H,12,14). The molecule has 0 aromatic carbocycles. The molecule has 74 valence electrons. The number of carbonyl (C=O) groups is 1. The van der Waals surface area contributed by atoms with E-state index >= 15 is 0 Å². The van der Waals surface area contributed by atoms with E-state index in [1.165, 1.54) is 0 Å². The first-order valence-corrected chi connectivity index (χ1v) is 4.66. The molecule has 4 nitrogen and oxygen atoms in total. The lowest BCUT2D eigenvalue weighted by Gasteiger charge is -2.27. The van der Waals surface area contributed by atoms with Crippen LogP contribution in [0.15, 0.2) is 24.4 Å². The van der Waals surface area contributed by atoms with Crippen molar-refractivity contribution in [1.29, 1.82) is 0 Å². The Morgan fingerprint density at radius 3 is 3.07 bits per heavy atom. The molecule has 1 aromatic rings. The fourth-order valence-electron chi connectivity index (χ4n) is 1.62. The lowest BCUT2D eigenvalue weighted by molar-refractivity contribution is -0.126. The summed E-state index contributed by atoms with van der Waals surface area (Å²) >= 11 is 0. The first-order valence-electron chi connectivity index (χ1n) is 4.66. The summed E-state index contributed by atoms with van der Waals surface area (Å²) < 4.78 is 0. The summed E-state index contributed by atoms with van der Waals surface area (Å²) in [4.78, 5) is 15.3. The van der Waals surface area contributed by atoms with Crippen molar-refractivity contribution in [2.24, 2.45) is 0 Å². The third-order valence-electron chi connectivity index (χ3n) is 2.37. The van der Waals surface area contributed by atoms with Crippen LogP contribution in [0.25, 0.3) is 0 Å². The number of pyridine rings is 1. The highest BCUT2D eigenvalue weighted by atomic mass is 16.3. The molecular weight excluding hydrogens is 180 g/mol. The predicted octanol–water partition coefficient (Wildman–Crippen LogP) is 0.394. The topological polar surface area (TPSA) is 62.2 Å². The smallest absolute Gasteiger partial charge is 0.220 e. The molecule has 2 rings (SSSR count). The molecular formula is C10H12N2O2. The van der Waals surface area contributed by atoms with Gasteiger partial charge in [0, 0.05) is 12.6 Å². The zero-order valence-electron chi connectivity index (χ0n) is 7.68. The maximum absolute atomic E-state index is 11.1. The number of carbonyl (C=O) groups excluding carboxylic acids is 1. The summed E-state index contributed by atoms with van der Waals surface area (Å²) in [6.07, 6.45) is 2.03. The van der Waals surface area contributed by atoms with E-state index in [-0.39, 0.29) is 11.9 Å². The largest absolute Gasteiger partial charge is 0.391 e. The molecule has 2 heterocycles. The second kappa shape index (κ2) is 3.75. The van der Waals surface area contributed by atoms with Gasteiger partial charge in [-0.15, -0.1) is 0 Å².